The Kier molecular flexibility index (Phi) is 3.39. The molecule has 1 N–H and O–H groups in total. The van der Waals surface area contributed by atoms with Gasteiger partial charge in [0.25, 0.3) is 0 Å². The molecular weight excluding hydrogens is 248 g/mol. The number of carboxylic acid groups (broad SMARTS) is 1. The Morgan fingerprint density at radius 3 is 2.44 bits per heavy atom. The van der Waals surface area contributed by atoms with E-state index >= 15 is 0 Å². The van der Waals surface area contributed by atoms with Crippen LogP contribution >= 0.6 is 11.6 Å². The van der Waals surface area contributed by atoms with Gasteiger partial charge in [0, 0.05) is 0 Å². The first-order chi connectivity index (χ1) is 8.49. The first-order valence-corrected chi connectivity index (χ1v) is 5.97. The van der Waals surface area contributed by atoms with Crippen molar-refractivity contribution in [1.29, 1.82) is 0 Å². The summed E-state index contributed by atoms with van der Waals surface area (Å²) >= 11 is 5.99. The fraction of sp³-hybridized carbons (Fsp3) is 0.133. The molecule has 0 unspecified atom stereocenters. The maximum Gasteiger partial charge on any atom is 0.337 e. The lowest BCUT2D eigenvalue weighted by molar-refractivity contribution is 0.0697. The number of rotatable bonds is 2. The Hall–Kier alpha value is -1.80. The van der Waals surface area contributed by atoms with Gasteiger partial charge in [-0.25, -0.2) is 4.79 Å². The van der Waals surface area contributed by atoms with Gasteiger partial charge >= 0.3 is 5.97 Å². The third-order valence-electron chi connectivity index (χ3n) is 2.90. The quantitative estimate of drug-likeness (QED) is 0.873. The molecule has 3 heteroatoms. The van der Waals surface area contributed by atoms with Gasteiger partial charge in [0.15, 0.2) is 0 Å². The van der Waals surface area contributed by atoms with Crippen LogP contribution in [0.5, 0.6) is 0 Å². The average Bonchev–Trinajstić information content (AvgIpc) is 2.31. The van der Waals surface area contributed by atoms with E-state index in [4.69, 9.17) is 16.7 Å². The largest absolute Gasteiger partial charge is 0.478 e. The molecule has 0 saturated heterocycles. The van der Waals surface area contributed by atoms with Gasteiger partial charge < -0.3 is 5.11 Å². The predicted octanol–water partition coefficient (Wildman–Crippen LogP) is 4.32. The van der Waals surface area contributed by atoms with E-state index in [2.05, 4.69) is 6.07 Å². The molecule has 0 bridgehead atoms. The molecule has 0 aliphatic heterocycles. The van der Waals surface area contributed by atoms with Crippen LogP contribution in [0.3, 0.4) is 0 Å². The second kappa shape index (κ2) is 4.83. The minimum atomic E-state index is -1.01. The van der Waals surface area contributed by atoms with Crippen LogP contribution < -0.4 is 0 Å². The molecule has 0 aliphatic rings. The highest BCUT2D eigenvalue weighted by atomic mass is 35.5. The SMILES string of the molecule is Cc1ccc(C)c(-c2ccc(C(=O)O)c(Cl)c2)c1. The molecule has 0 atom stereocenters. The molecule has 0 saturated carbocycles. The molecule has 18 heavy (non-hydrogen) atoms. The van der Waals surface area contributed by atoms with E-state index in [9.17, 15) is 4.79 Å². The van der Waals surface area contributed by atoms with E-state index in [0.29, 0.717) is 0 Å². The fourth-order valence-corrected chi connectivity index (χ4v) is 2.16. The van der Waals surface area contributed by atoms with Crippen molar-refractivity contribution in [2.24, 2.45) is 0 Å². The number of carbonyl (C=O) groups is 1. The summed E-state index contributed by atoms with van der Waals surface area (Å²) in [6.07, 6.45) is 0. The highest BCUT2D eigenvalue weighted by Crippen LogP contribution is 2.28. The third-order valence-corrected chi connectivity index (χ3v) is 3.22. The van der Waals surface area contributed by atoms with Crippen molar-refractivity contribution in [1.82, 2.24) is 0 Å². The van der Waals surface area contributed by atoms with Crippen molar-refractivity contribution >= 4 is 17.6 Å². The first kappa shape index (κ1) is 12.7. The van der Waals surface area contributed by atoms with Crippen molar-refractivity contribution in [3.8, 4) is 11.1 Å². The Labute approximate surface area is 111 Å². The summed E-state index contributed by atoms with van der Waals surface area (Å²) < 4.78 is 0. The van der Waals surface area contributed by atoms with E-state index in [1.54, 1.807) is 18.2 Å². The number of halogens is 1. The zero-order valence-corrected chi connectivity index (χ0v) is 11.0. The summed E-state index contributed by atoms with van der Waals surface area (Å²) in [7, 11) is 0. The van der Waals surface area contributed by atoms with Gasteiger partial charge in [0.1, 0.15) is 0 Å². The molecule has 2 nitrogen and oxygen atoms in total. The fourth-order valence-electron chi connectivity index (χ4n) is 1.90. The summed E-state index contributed by atoms with van der Waals surface area (Å²) in [4.78, 5) is 10.9. The second-order valence-electron chi connectivity index (χ2n) is 4.32. The van der Waals surface area contributed by atoms with Gasteiger partial charge in [-0.2, -0.15) is 0 Å². The van der Waals surface area contributed by atoms with Crippen LogP contribution in [-0.2, 0) is 0 Å². The summed E-state index contributed by atoms with van der Waals surface area (Å²) in [6, 6.07) is 11.2. The van der Waals surface area contributed by atoms with Crippen LogP contribution in [-0.4, -0.2) is 11.1 Å². The van der Waals surface area contributed by atoms with Crippen LogP contribution in [0.25, 0.3) is 11.1 Å². The zero-order valence-electron chi connectivity index (χ0n) is 10.2. The summed E-state index contributed by atoms with van der Waals surface area (Å²) in [5, 5.41) is 9.21. The predicted molar refractivity (Wildman–Crippen MR) is 73.3 cm³/mol. The maximum absolute atomic E-state index is 10.9. The lowest BCUT2D eigenvalue weighted by atomic mass is 9.97. The summed E-state index contributed by atoms with van der Waals surface area (Å²) in [5.41, 5.74) is 4.44. The molecular formula is C15H13ClO2. The third kappa shape index (κ3) is 2.39. The van der Waals surface area contributed by atoms with Crippen molar-refractivity contribution in [2.75, 3.05) is 0 Å². The average molecular weight is 261 g/mol. The molecule has 0 heterocycles. The number of aryl methyl sites for hydroxylation is 2. The van der Waals surface area contributed by atoms with Gasteiger partial charge in [-0.05, 0) is 42.7 Å². The molecule has 0 fully saturated rings. The smallest absolute Gasteiger partial charge is 0.337 e. The van der Waals surface area contributed by atoms with Crippen LogP contribution in [0, 0.1) is 13.8 Å². The number of benzene rings is 2. The highest BCUT2D eigenvalue weighted by Gasteiger charge is 2.10. The number of hydrogen-bond acceptors (Lipinski definition) is 1. The minimum absolute atomic E-state index is 0.130. The lowest BCUT2D eigenvalue weighted by Crippen LogP contribution is -1.97. The van der Waals surface area contributed by atoms with Crippen LogP contribution in [0.15, 0.2) is 36.4 Å². The molecule has 0 radical (unpaired) electrons. The molecule has 92 valence electrons. The van der Waals surface area contributed by atoms with Crippen molar-refractivity contribution in [2.45, 2.75) is 13.8 Å². The normalized spacial score (nSPS) is 10.4. The molecule has 0 amide bonds. The molecule has 0 aliphatic carbocycles. The standard InChI is InChI=1S/C15H13ClO2/c1-9-3-4-10(2)13(7-9)11-5-6-12(15(17)18)14(16)8-11/h3-8H,1-2H3,(H,17,18). The minimum Gasteiger partial charge on any atom is -0.478 e. The van der Waals surface area contributed by atoms with Crippen LogP contribution in [0.2, 0.25) is 5.02 Å². The topological polar surface area (TPSA) is 37.3 Å². The maximum atomic E-state index is 10.9. The molecule has 2 aromatic rings. The lowest BCUT2D eigenvalue weighted by Gasteiger charge is -2.09. The molecule has 0 spiro atoms. The van der Waals surface area contributed by atoms with Gasteiger partial charge in [-0.1, -0.05) is 41.4 Å². The number of carboxylic acids is 1. The second-order valence-corrected chi connectivity index (χ2v) is 4.73. The van der Waals surface area contributed by atoms with E-state index in [-0.39, 0.29) is 10.6 Å². The Morgan fingerprint density at radius 2 is 1.83 bits per heavy atom. The number of aromatic carboxylic acids is 1. The van der Waals surface area contributed by atoms with Crippen molar-refractivity contribution in [3.05, 3.63) is 58.1 Å². The van der Waals surface area contributed by atoms with Crippen LogP contribution in [0.4, 0.5) is 0 Å². The number of hydrogen-bond donors (Lipinski definition) is 1. The zero-order chi connectivity index (χ0) is 13.3. The Balaban J connectivity index is 2.55. The van der Waals surface area contributed by atoms with E-state index in [1.165, 1.54) is 0 Å². The van der Waals surface area contributed by atoms with Gasteiger partial charge in [-0.15, -0.1) is 0 Å². The first-order valence-electron chi connectivity index (χ1n) is 5.59. The highest BCUT2D eigenvalue weighted by molar-refractivity contribution is 6.33. The molecule has 2 aromatic carbocycles. The Bertz CT molecular complexity index is 618. The van der Waals surface area contributed by atoms with E-state index in [0.717, 1.165) is 22.3 Å². The van der Waals surface area contributed by atoms with E-state index < -0.39 is 5.97 Å². The van der Waals surface area contributed by atoms with Gasteiger partial charge in [-0.3, -0.25) is 0 Å². The van der Waals surface area contributed by atoms with Crippen molar-refractivity contribution < 1.29 is 9.90 Å². The molecule has 0 aromatic heterocycles. The monoisotopic (exact) mass is 260 g/mol. The van der Waals surface area contributed by atoms with Crippen LogP contribution in [0.1, 0.15) is 21.5 Å². The summed E-state index contributed by atoms with van der Waals surface area (Å²) in [5.74, 6) is -1.01. The Morgan fingerprint density at radius 1 is 1.11 bits per heavy atom. The molecule has 2 rings (SSSR count). The van der Waals surface area contributed by atoms with Gasteiger partial charge in [0.05, 0.1) is 10.6 Å². The van der Waals surface area contributed by atoms with Crippen molar-refractivity contribution in [3.63, 3.8) is 0 Å². The van der Waals surface area contributed by atoms with Gasteiger partial charge in [0.2, 0.25) is 0 Å². The summed E-state index contributed by atoms with van der Waals surface area (Å²) in [6.45, 7) is 4.05. The van der Waals surface area contributed by atoms with E-state index in [1.807, 2.05) is 26.0 Å².